The van der Waals surface area contributed by atoms with E-state index in [9.17, 15) is 9.18 Å². The van der Waals surface area contributed by atoms with Crippen LogP contribution in [0.4, 0.5) is 4.39 Å². The van der Waals surface area contributed by atoms with E-state index in [4.69, 9.17) is 0 Å². The highest BCUT2D eigenvalue weighted by molar-refractivity contribution is 5.82. The first-order valence-electron chi connectivity index (χ1n) is 11.9. The molecule has 2 saturated carbocycles. The Kier molecular flexibility index (Phi) is 5.60. The fourth-order valence-corrected chi connectivity index (χ4v) is 6.11. The Bertz CT molecular complexity index is 914. The number of piperidine rings is 1. The highest BCUT2D eigenvalue weighted by Crippen LogP contribution is 2.59. The molecule has 0 bridgehead atoms. The van der Waals surface area contributed by atoms with Gasteiger partial charge >= 0.3 is 0 Å². The maximum absolute atomic E-state index is 13.5. The highest BCUT2D eigenvalue weighted by atomic mass is 19.1. The lowest BCUT2D eigenvalue weighted by Gasteiger charge is -2.33. The molecule has 1 saturated heterocycles. The molecule has 1 amide bonds. The predicted octanol–water partition coefficient (Wildman–Crippen LogP) is 5.06. The van der Waals surface area contributed by atoms with E-state index < -0.39 is 0 Å². The standard InChI is InChI=1S/C27H33FN2O/c28-23-10-6-7-21(17-23)19-30-15-13-26(14-16-30)18-24(26)25(31)29-20-27(11-4-5-12-27)22-8-2-1-3-9-22/h1-3,6-10,17,24H,4-5,11-16,18-20H2,(H,29,31)/t24-/m1/s1. The van der Waals surface area contributed by atoms with Gasteiger partial charge in [-0.15, -0.1) is 0 Å². The van der Waals surface area contributed by atoms with Crippen LogP contribution in [0.2, 0.25) is 0 Å². The third-order valence-electron chi connectivity index (χ3n) is 8.20. The van der Waals surface area contributed by atoms with E-state index in [0.29, 0.717) is 0 Å². The summed E-state index contributed by atoms with van der Waals surface area (Å²) in [5.41, 5.74) is 2.73. The zero-order valence-corrected chi connectivity index (χ0v) is 18.3. The number of hydrogen-bond donors (Lipinski definition) is 1. The maximum Gasteiger partial charge on any atom is 0.223 e. The lowest BCUT2D eigenvalue weighted by Crippen LogP contribution is -2.41. The van der Waals surface area contributed by atoms with Crippen LogP contribution in [0.5, 0.6) is 0 Å². The van der Waals surface area contributed by atoms with Crippen LogP contribution >= 0.6 is 0 Å². The SMILES string of the molecule is O=C(NCC1(c2ccccc2)CCCC1)[C@H]1CC12CCN(Cc1cccc(F)c1)CC2. The molecular weight excluding hydrogens is 387 g/mol. The number of carbonyl (C=O) groups excluding carboxylic acids is 1. The highest BCUT2D eigenvalue weighted by Gasteiger charge is 2.58. The summed E-state index contributed by atoms with van der Waals surface area (Å²) in [4.78, 5) is 15.5. The minimum Gasteiger partial charge on any atom is -0.355 e. The molecule has 1 spiro atoms. The van der Waals surface area contributed by atoms with Crippen molar-refractivity contribution in [1.82, 2.24) is 10.2 Å². The first kappa shape index (κ1) is 20.7. The lowest BCUT2D eigenvalue weighted by atomic mass is 9.78. The van der Waals surface area contributed by atoms with Crippen LogP contribution in [0.25, 0.3) is 0 Å². The Morgan fingerprint density at radius 3 is 2.45 bits per heavy atom. The maximum atomic E-state index is 13.5. The second-order valence-electron chi connectivity index (χ2n) is 10.1. The normalized spacial score (nSPS) is 24.2. The van der Waals surface area contributed by atoms with Gasteiger partial charge in [0.2, 0.25) is 5.91 Å². The molecule has 0 radical (unpaired) electrons. The zero-order valence-electron chi connectivity index (χ0n) is 18.3. The molecule has 1 aliphatic heterocycles. The summed E-state index contributed by atoms with van der Waals surface area (Å²) in [6.07, 6.45) is 8.02. The van der Waals surface area contributed by atoms with Crippen LogP contribution in [0.15, 0.2) is 54.6 Å². The fraction of sp³-hybridized carbons (Fsp3) is 0.519. The second-order valence-corrected chi connectivity index (χ2v) is 10.1. The van der Waals surface area contributed by atoms with Crippen LogP contribution in [0.1, 0.15) is 56.1 Å². The summed E-state index contributed by atoms with van der Waals surface area (Å²) in [6.45, 7) is 3.56. The Balaban J connectivity index is 1.14. The van der Waals surface area contributed by atoms with E-state index in [2.05, 4.69) is 40.5 Å². The first-order valence-corrected chi connectivity index (χ1v) is 11.9. The van der Waals surface area contributed by atoms with Crippen molar-refractivity contribution in [3.8, 4) is 0 Å². The Morgan fingerprint density at radius 1 is 1.00 bits per heavy atom. The van der Waals surface area contributed by atoms with Gasteiger partial charge in [-0.1, -0.05) is 55.3 Å². The molecule has 3 nitrogen and oxygen atoms in total. The number of nitrogens with zero attached hydrogens (tertiary/aromatic N) is 1. The van der Waals surface area contributed by atoms with E-state index >= 15 is 0 Å². The molecule has 1 heterocycles. The van der Waals surface area contributed by atoms with Crippen molar-refractivity contribution in [3.05, 3.63) is 71.5 Å². The van der Waals surface area contributed by atoms with Crippen molar-refractivity contribution in [2.75, 3.05) is 19.6 Å². The van der Waals surface area contributed by atoms with Gasteiger partial charge in [0, 0.05) is 24.4 Å². The first-order chi connectivity index (χ1) is 15.1. The van der Waals surface area contributed by atoms with Gasteiger partial charge in [-0.05, 0) is 73.9 Å². The minimum absolute atomic E-state index is 0.118. The molecule has 4 heteroatoms. The zero-order chi connectivity index (χ0) is 21.3. The van der Waals surface area contributed by atoms with Crippen LogP contribution in [-0.2, 0) is 16.8 Å². The van der Waals surface area contributed by atoms with Gasteiger partial charge in [-0.2, -0.15) is 0 Å². The summed E-state index contributed by atoms with van der Waals surface area (Å²) in [5.74, 6) is 0.277. The third kappa shape index (κ3) is 4.27. The van der Waals surface area contributed by atoms with Crippen molar-refractivity contribution < 1.29 is 9.18 Å². The van der Waals surface area contributed by atoms with Crippen LogP contribution in [-0.4, -0.2) is 30.4 Å². The largest absolute Gasteiger partial charge is 0.355 e. The second kappa shape index (κ2) is 8.38. The average Bonchev–Trinajstić information content (AvgIpc) is 3.27. The Hall–Kier alpha value is -2.20. The van der Waals surface area contributed by atoms with E-state index in [1.165, 1.54) is 37.3 Å². The van der Waals surface area contributed by atoms with Crippen molar-refractivity contribution in [1.29, 1.82) is 0 Å². The van der Waals surface area contributed by atoms with Crippen LogP contribution < -0.4 is 5.32 Å². The number of rotatable bonds is 6. The average molecular weight is 421 g/mol. The van der Waals surface area contributed by atoms with Crippen molar-refractivity contribution in [2.24, 2.45) is 11.3 Å². The van der Waals surface area contributed by atoms with Gasteiger partial charge in [0.1, 0.15) is 5.82 Å². The molecule has 2 aromatic rings. The van der Waals surface area contributed by atoms with E-state index in [1.54, 1.807) is 12.1 Å². The molecule has 164 valence electrons. The molecule has 1 atom stereocenters. The molecule has 5 rings (SSSR count). The number of amides is 1. The topological polar surface area (TPSA) is 32.3 Å². The number of hydrogen-bond acceptors (Lipinski definition) is 2. The third-order valence-corrected chi connectivity index (χ3v) is 8.20. The van der Waals surface area contributed by atoms with Crippen molar-refractivity contribution in [2.45, 2.75) is 56.9 Å². The smallest absolute Gasteiger partial charge is 0.223 e. The Labute approximate surface area is 185 Å². The van der Waals surface area contributed by atoms with Gasteiger partial charge in [-0.3, -0.25) is 9.69 Å². The van der Waals surface area contributed by atoms with Gasteiger partial charge < -0.3 is 5.32 Å². The molecule has 31 heavy (non-hydrogen) atoms. The molecule has 0 aromatic heterocycles. The predicted molar refractivity (Wildman–Crippen MR) is 121 cm³/mol. The van der Waals surface area contributed by atoms with E-state index in [1.807, 2.05) is 6.07 Å². The van der Waals surface area contributed by atoms with Gasteiger partial charge in [0.05, 0.1) is 0 Å². The quantitative estimate of drug-likeness (QED) is 0.709. The molecule has 0 unspecified atom stereocenters. The van der Waals surface area contributed by atoms with Gasteiger partial charge in [0.25, 0.3) is 0 Å². The number of carbonyl (C=O) groups is 1. The molecule has 2 aromatic carbocycles. The fourth-order valence-electron chi connectivity index (χ4n) is 6.11. The molecule has 3 fully saturated rings. The molecule has 3 aliphatic rings. The molecular formula is C27H33FN2O. The number of likely N-dealkylation sites (tertiary alicyclic amines) is 1. The van der Waals surface area contributed by atoms with E-state index in [0.717, 1.165) is 51.0 Å². The number of benzene rings is 2. The molecule has 2 aliphatic carbocycles. The van der Waals surface area contributed by atoms with Gasteiger partial charge in [-0.25, -0.2) is 4.39 Å². The van der Waals surface area contributed by atoms with Crippen molar-refractivity contribution >= 4 is 5.91 Å². The number of halogens is 1. The summed E-state index contributed by atoms with van der Waals surface area (Å²) >= 11 is 0. The lowest BCUT2D eigenvalue weighted by molar-refractivity contribution is -0.123. The molecule has 1 N–H and O–H groups in total. The van der Waals surface area contributed by atoms with Gasteiger partial charge in [0.15, 0.2) is 0 Å². The minimum atomic E-state index is -0.166. The summed E-state index contributed by atoms with van der Waals surface area (Å²) in [5, 5.41) is 3.36. The summed E-state index contributed by atoms with van der Waals surface area (Å²) in [7, 11) is 0. The van der Waals surface area contributed by atoms with Crippen LogP contribution in [0.3, 0.4) is 0 Å². The number of nitrogens with one attached hydrogen (secondary N) is 1. The summed E-state index contributed by atoms with van der Waals surface area (Å²) in [6, 6.07) is 17.7. The van der Waals surface area contributed by atoms with Crippen LogP contribution in [0, 0.1) is 17.2 Å². The van der Waals surface area contributed by atoms with Crippen molar-refractivity contribution in [3.63, 3.8) is 0 Å². The van der Waals surface area contributed by atoms with E-state index in [-0.39, 0.29) is 28.5 Å². The Morgan fingerprint density at radius 2 is 1.74 bits per heavy atom. The summed E-state index contributed by atoms with van der Waals surface area (Å²) < 4.78 is 13.5. The monoisotopic (exact) mass is 420 g/mol.